The average Bonchev–Trinajstić information content (AvgIpc) is 2.71. The van der Waals surface area contributed by atoms with E-state index >= 15 is 0 Å². The second-order valence-corrected chi connectivity index (χ2v) is 7.57. The van der Waals surface area contributed by atoms with Crippen LogP contribution in [0.5, 0.6) is 5.75 Å². The maximum atomic E-state index is 9.53. The minimum absolute atomic E-state index is 0.207. The Balaban J connectivity index is 1.61. The molecule has 1 atom stereocenters. The fourth-order valence-corrected chi connectivity index (χ4v) is 3.84. The molecule has 1 aromatic heterocycles. The number of aliphatic hydroxyl groups is 1. The summed E-state index contributed by atoms with van der Waals surface area (Å²) in [5.41, 5.74) is 2.38. The van der Waals surface area contributed by atoms with Gasteiger partial charge in [-0.2, -0.15) is 0 Å². The molecule has 1 N–H and O–H groups in total. The first kappa shape index (κ1) is 20.1. The third-order valence-corrected chi connectivity index (χ3v) is 5.52. The first-order valence-corrected chi connectivity index (χ1v) is 10.5. The van der Waals surface area contributed by atoms with Gasteiger partial charge in [0.1, 0.15) is 5.75 Å². The summed E-state index contributed by atoms with van der Waals surface area (Å²) in [6, 6.07) is 8.56. The van der Waals surface area contributed by atoms with Gasteiger partial charge in [0, 0.05) is 63.3 Å². The summed E-state index contributed by atoms with van der Waals surface area (Å²) in [4.78, 5) is 13.6. The lowest BCUT2D eigenvalue weighted by molar-refractivity contribution is 0.0498. The third kappa shape index (κ3) is 5.65. The number of ether oxygens (including phenoxy) is 1. The van der Waals surface area contributed by atoms with Crippen LogP contribution in [-0.2, 0) is 13.1 Å². The van der Waals surface area contributed by atoms with Crippen LogP contribution in [0.4, 0.5) is 0 Å². The summed E-state index contributed by atoms with van der Waals surface area (Å²) in [5, 5.41) is 10.3. The van der Waals surface area contributed by atoms with Crippen LogP contribution in [0.3, 0.4) is 0 Å². The number of thioether (sulfide) groups is 1. The molecule has 0 saturated carbocycles. The number of rotatable bonds is 8. The summed E-state index contributed by atoms with van der Waals surface area (Å²) >= 11 is 1.56. The van der Waals surface area contributed by atoms with Gasteiger partial charge in [0.05, 0.1) is 7.11 Å². The van der Waals surface area contributed by atoms with Crippen molar-refractivity contribution in [2.75, 3.05) is 39.6 Å². The lowest BCUT2D eigenvalue weighted by Gasteiger charge is -2.41. The van der Waals surface area contributed by atoms with Crippen LogP contribution in [0.15, 0.2) is 41.8 Å². The third-order valence-electron chi connectivity index (χ3n) is 4.94. The molecule has 7 heteroatoms. The Labute approximate surface area is 165 Å². The van der Waals surface area contributed by atoms with E-state index in [9.17, 15) is 5.11 Å². The SMILES string of the molecule is COc1cccc(CN2CCN(Cc3cnc(SC)nc3)C[C@H]2CCO)c1. The molecule has 0 aliphatic carbocycles. The molecule has 0 bridgehead atoms. The predicted molar refractivity (Wildman–Crippen MR) is 108 cm³/mol. The number of hydrogen-bond donors (Lipinski definition) is 1. The van der Waals surface area contributed by atoms with E-state index in [0.717, 1.165) is 55.6 Å². The number of nitrogens with zero attached hydrogens (tertiary/aromatic N) is 4. The van der Waals surface area contributed by atoms with Crippen molar-refractivity contribution in [1.29, 1.82) is 0 Å². The van der Waals surface area contributed by atoms with Crippen LogP contribution in [0, 0.1) is 0 Å². The Morgan fingerprint density at radius 3 is 2.70 bits per heavy atom. The van der Waals surface area contributed by atoms with Gasteiger partial charge >= 0.3 is 0 Å². The molecule has 6 nitrogen and oxygen atoms in total. The molecule has 3 rings (SSSR count). The zero-order valence-electron chi connectivity index (χ0n) is 16.0. The fourth-order valence-electron chi connectivity index (χ4n) is 3.53. The van der Waals surface area contributed by atoms with Gasteiger partial charge in [0.25, 0.3) is 0 Å². The largest absolute Gasteiger partial charge is 0.497 e. The van der Waals surface area contributed by atoms with Crippen LogP contribution in [-0.4, -0.2) is 70.5 Å². The van der Waals surface area contributed by atoms with Crippen molar-refractivity contribution in [3.8, 4) is 5.75 Å². The van der Waals surface area contributed by atoms with Crippen molar-refractivity contribution in [1.82, 2.24) is 19.8 Å². The van der Waals surface area contributed by atoms with Gasteiger partial charge in [-0.05, 0) is 30.4 Å². The van der Waals surface area contributed by atoms with Gasteiger partial charge in [-0.25, -0.2) is 9.97 Å². The van der Waals surface area contributed by atoms with Crippen molar-refractivity contribution in [3.63, 3.8) is 0 Å². The summed E-state index contributed by atoms with van der Waals surface area (Å²) in [5.74, 6) is 0.888. The molecular weight excluding hydrogens is 360 g/mol. The number of aromatic nitrogens is 2. The summed E-state index contributed by atoms with van der Waals surface area (Å²) in [6.07, 6.45) is 6.60. The molecule has 27 heavy (non-hydrogen) atoms. The smallest absolute Gasteiger partial charge is 0.187 e. The van der Waals surface area contributed by atoms with Crippen molar-refractivity contribution >= 4 is 11.8 Å². The molecule has 0 spiro atoms. The second-order valence-electron chi connectivity index (χ2n) is 6.80. The number of hydrogen-bond acceptors (Lipinski definition) is 7. The molecule has 1 aliphatic rings. The molecule has 1 aromatic carbocycles. The normalized spacial score (nSPS) is 18.6. The molecule has 2 aromatic rings. The average molecular weight is 389 g/mol. The molecule has 1 saturated heterocycles. The molecule has 0 unspecified atom stereocenters. The highest BCUT2D eigenvalue weighted by molar-refractivity contribution is 7.98. The van der Waals surface area contributed by atoms with Crippen LogP contribution in [0.25, 0.3) is 0 Å². The standard InChI is InChI=1S/C20H28N4O2S/c1-26-19-5-3-4-16(10-19)14-24-8-7-23(15-18(24)6-9-25)13-17-11-21-20(27-2)22-12-17/h3-5,10-12,18,25H,6-9,13-15H2,1-2H3/t18-/m1/s1. The van der Waals surface area contributed by atoms with Crippen molar-refractivity contribution in [3.05, 3.63) is 47.8 Å². The molecule has 0 amide bonds. The Kier molecular flexibility index (Phi) is 7.46. The van der Waals surface area contributed by atoms with E-state index in [1.54, 1.807) is 18.9 Å². The van der Waals surface area contributed by atoms with E-state index in [2.05, 4.69) is 31.9 Å². The van der Waals surface area contributed by atoms with Crippen LogP contribution in [0.2, 0.25) is 0 Å². The Morgan fingerprint density at radius 1 is 1.19 bits per heavy atom. The summed E-state index contributed by atoms with van der Waals surface area (Å²) in [7, 11) is 1.70. The maximum Gasteiger partial charge on any atom is 0.187 e. The fraction of sp³-hybridized carbons (Fsp3) is 0.500. The van der Waals surface area contributed by atoms with Gasteiger partial charge in [-0.3, -0.25) is 9.80 Å². The predicted octanol–water partition coefficient (Wildman–Crippen LogP) is 2.28. The topological polar surface area (TPSA) is 61.7 Å². The molecule has 146 valence electrons. The highest BCUT2D eigenvalue weighted by atomic mass is 32.2. The maximum absolute atomic E-state index is 9.53. The van der Waals surface area contributed by atoms with E-state index in [1.807, 2.05) is 30.8 Å². The van der Waals surface area contributed by atoms with E-state index in [-0.39, 0.29) is 6.61 Å². The van der Waals surface area contributed by atoms with Crippen LogP contribution in [0.1, 0.15) is 17.5 Å². The van der Waals surface area contributed by atoms with Crippen molar-refractivity contribution < 1.29 is 9.84 Å². The molecular formula is C20H28N4O2S. The van der Waals surface area contributed by atoms with E-state index in [4.69, 9.17) is 4.74 Å². The molecule has 0 radical (unpaired) electrons. The second kappa shape index (κ2) is 10.0. The highest BCUT2D eigenvalue weighted by Gasteiger charge is 2.26. The zero-order valence-corrected chi connectivity index (χ0v) is 16.9. The van der Waals surface area contributed by atoms with E-state index in [0.29, 0.717) is 6.04 Å². The summed E-state index contributed by atoms with van der Waals surface area (Å²) < 4.78 is 5.34. The van der Waals surface area contributed by atoms with Crippen LogP contribution >= 0.6 is 11.8 Å². The van der Waals surface area contributed by atoms with Crippen molar-refractivity contribution in [2.45, 2.75) is 30.7 Å². The Morgan fingerprint density at radius 2 is 2.00 bits per heavy atom. The zero-order chi connectivity index (χ0) is 19.1. The number of piperazine rings is 1. The first-order valence-electron chi connectivity index (χ1n) is 9.27. The minimum atomic E-state index is 0.207. The van der Waals surface area contributed by atoms with Gasteiger partial charge in [0.15, 0.2) is 5.16 Å². The summed E-state index contributed by atoms with van der Waals surface area (Å²) in [6.45, 7) is 4.85. The van der Waals surface area contributed by atoms with Gasteiger partial charge in [-0.15, -0.1) is 0 Å². The van der Waals surface area contributed by atoms with E-state index in [1.165, 1.54) is 5.56 Å². The first-order chi connectivity index (χ1) is 13.2. The quantitative estimate of drug-likeness (QED) is 0.550. The van der Waals surface area contributed by atoms with Crippen molar-refractivity contribution in [2.24, 2.45) is 0 Å². The minimum Gasteiger partial charge on any atom is -0.497 e. The lowest BCUT2D eigenvalue weighted by atomic mass is 10.1. The van der Waals surface area contributed by atoms with E-state index < -0.39 is 0 Å². The highest BCUT2D eigenvalue weighted by Crippen LogP contribution is 2.20. The molecule has 2 heterocycles. The van der Waals surface area contributed by atoms with Crippen LogP contribution < -0.4 is 4.74 Å². The number of aliphatic hydroxyl groups excluding tert-OH is 1. The molecule has 1 fully saturated rings. The molecule has 1 aliphatic heterocycles. The van der Waals surface area contributed by atoms with Gasteiger partial charge in [0.2, 0.25) is 0 Å². The Bertz CT molecular complexity index is 713. The Hall–Kier alpha value is -1.67. The lowest BCUT2D eigenvalue weighted by Crippen LogP contribution is -2.52. The number of methoxy groups -OCH3 is 1. The number of benzene rings is 1. The van der Waals surface area contributed by atoms with Gasteiger partial charge < -0.3 is 9.84 Å². The monoisotopic (exact) mass is 388 g/mol. The van der Waals surface area contributed by atoms with Gasteiger partial charge in [-0.1, -0.05) is 23.9 Å².